The lowest BCUT2D eigenvalue weighted by Gasteiger charge is -2.43. The van der Waals surface area contributed by atoms with E-state index in [2.05, 4.69) is 13.8 Å². The van der Waals surface area contributed by atoms with Crippen molar-refractivity contribution in [2.75, 3.05) is 19.8 Å². The second kappa shape index (κ2) is 33.9. The highest BCUT2D eigenvalue weighted by molar-refractivity contribution is 5.72. The molecule has 0 heterocycles. The molecular weight excluding hydrogens is 616 g/mol. The van der Waals surface area contributed by atoms with E-state index in [0.29, 0.717) is 12.8 Å². The van der Waals surface area contributed by atoms with Crippen LogP contribution in [-0.2, 0) is 19.1 Å². The van der Waals surface area contributed by atoms with Gasteiger partial charge in [-0.3, -0.25) is 9.59 Å². The molecule has 0 amide bonds. The maximum absolute atomic E-state index is 12.8. The smallest absolute Gasteiger partial charge is 0.309 e. The van der Waals surface area contributed by atoms with Crippen molar-refractivity contribution >= 4 is 11.9 Å². The molecule has 0 saturated heterocycles. The van der Waals surface area contributed by atoms with Crippen LogP contribution in [0.25, 0.3) is 0 Å². The molecule has 0 rings (SSSR count). The third kappa shape index (κ3) is 25.4. The van der Waals surface area contributed by atoms with Crippen LogP contribution < -0.4 is 0 Å². The average molecular weight is 699 g/mol. The first-order chi connectivity index (χ1) is 23.8. The molecule has 0 spiro atoms. The Morgan fingerprint density at radius 3 is 0.796 bits per heavy atom. The van der Waals surface area contributed by atoms with E-state index in [1.165, 1.54) is 148 Å². The number of aliphatic hydroxyl groups excluding tert-OH is 3. The van der Waals surface area contributed by atoms with Crippen LogP contribution in [0.1, 0.15) is 226 Å². The Labute approximate surface area is 303 Å². The molecule has 3 N–H and O–H groups in total. The van der Waals surface area contributed by atoms with Gasteiger partial charge in [0.2, 0.25) is 0 Å². The highest BCUT2D eigenvalue weighted by atomic mass is 16.7. The van der Waals surface area contributed by atoms with E-state index in [4.69, 9.17) is 9.47 Å². The standard InChI is InChI=1S/C42H82O7/c1-4-6-8-10-12-14-16-18-20-22-24-26-28-30-32-34-39(46)48-41(3,42(36-43,37-44)38-45)49-40(47)35-33-31-29-27-25-23-21-19-17-15-13-11-9-7-5-2/h43-45H,4-38H2,1-3H3. The molecule has 0 radical (unpaired) electrons. The van der Waals surface area contributed by atoms with E-state index in [0.717, 1.165) is 38.5 Å². The number of hydrogen-bond donors (Lipinski definition) is 3. The van der Waals surface area contributed by atoms with E-state index in [-0.39, 0.29) is 12.8 Å². The van der Waals surface area contributed by atoms with Crippen molar-refractivity contribution in [3.05, 3.63) is 0 Å². The van der Waals surface area contributed by atoms with Crippen molar-refractivity contribution in [3.8, 4) is 0 Å². The number of esters is 2. The summed E-state index contributed by atoms with van der Waals surface area (Å²) < 4.78 is 11.3. The zero-order valence-corrected chi connectivity index (χ0v) is 32.7. The summed E-state index contributed by atoms with van der Waals surface area (Å²) in [6, 6.07) is 0. The van der Waals surface area contributed by atoms with Crippen LogP contribution in [0, 0.1) is 5.41 Å². The summed E-state index contributed by atoms with van der Waals surface area (Å²) in [7, 11) is 0. The fourth-order valence-electron chi connectivity index (χ4n) is 6.64. The molecule has 0 fully saturated rings. The normalized spacial score (nSPS) is 12.0. The number of carbonyl (C=O) groups is 2. The summed E-state index contributed by atoms with van der Waals surface area (Å²) >= 11 is 0. The second-order valence-corrected chi connectivity index (χ2v) is 15.0. The molecule has 49 heavy (non-hydrogen) atoms. The molecule has 0 bridgehead atoms. The van der Waals surface area contributed by atoms with Crippen molar-refractivity contribution in [1.29, 1.82) is 0 Å². The molecule has 7 heteroatoms. The number of ether oxygens (including phenoxy) is 2. The highest BCUT2D eigenvalue weighted by Crippen LogP contribution is 2.36. The first-order valence-electron chi connectivity index (χ1n) is 21.1. The quantitative estimate of drug-likeness (QED) is 0.0334. The van der Waals surface area contributed by atoms with Crippen LogP contribution in [0.2, 0.25) is 0 Å². The number of hydrogen-bond acceptors (Lipinski definition) is 7. The molecule has 0 aromatic rings. The van der Waals surface area contributed by atoms with Crippen LogP contribution in [0.3, 0.4) is 0 Å². The van der Waals surface area contributed by atoms with Crippen LogP contribution in [-0.4, -0.2) is 52.9 Å². The first kappa shape index (κ1) is 47.8. The largest absolute Gasteiger partial charge is 0.422 e. The SMILES string of the molecule is CCCCCCCCCCCCCCCCCC(=O)OC(C)(OC(=O)CCCCCCCCCCCCCCCCC)C(CO)(CO)CO. The van der Waals surface area contributed by atoms with Crippen molar-refractivity contribution in [2.45, 2.75) is 232 Å². The van der Waals surface area contributed by atoms with Gasteiger partial charge in [0.15, 0.2) is 0 Å². The Kier molecular flexibility index (Phi) is 33.1. The van der Waals surface area contributed by atoms with Crippen LogP contribution in [0.5, 0.6) is 0 Å². The first-order valence-corrected chi connectivity index (χ1v) is 21.1. The van der Waals surface area contributed by atoms with Crippen LogP contribution in [0.15, 0.2) is 0 Å². The molecule has 0 aromatic carbocycles. The Balaban J connectivity index is 4.23. The minimum Gasteiger partial charge on any atom is -0.422 e. The minimum atomic E-state index is -1.97. The molecule has 0 aliphatic rings. The molecule has 0 atom stereocenters. The van der Waals surface area contributed by atoms with Gasteiger partial charge in [-0.15, -0.1) is 0 Å². The lowest BCUT2D eigenvalue weighted by Crippen LogP contribution is -2.58. The van der Waals surface area contributed by atoms with Gasteiger partial charge >= 0.3 is 11.9 Å². The Morgan fingerprint density at radius 1 is 0.388 bits per heavy atom. The Morgan fingerprint density at radius 2 is 0.592 bits per heavy atom. The second-order valence-electron chi connectivity index (χ2n) is 15.0. The minimum absolute atomic E-state index is 0.156. The Hall–Kier alpha value is -1.18. The monoisotopic (exact) mass is 699 g/mol. The summed E-state index contributed by atoms with van der Waals surface area (Å²) in [5.41, 5.74) is -1.71. The zero-order chi connectivity index (χ0) is 36.3. The van der Waals surface area contributed by atoms with Gasteiger partial charge in [0.05, 0.1) is 19.8 Å². The maximum atomic E-state index is 12.8. The van der Waals surface area contributed by atoms with Gasteiger partial charge in [0.1, 0.15) is 5.41 Å². The van der Waals surface area contributed by atoms with Crippen molar-refractivity contribution in [3.63, 3.8) is 0 Å². The highest BCUT2D eigenvalue weighted by Gasteiger charge is 2.54. The molecule has 0 aliphatic heterocycles. The summed E-state index contributed by atoms with van der Waals surface area (Å²) in [6.45, 7) is 3.78. The summed E-state index contributed by atoms with van der Waals surface area (Å²) in [4.78, 5) is 25.6. The maximum Gasteiger partial charge on any atom is 0.309 e. The van der Waals surface area contributed by atoms with E-state index in [9.17, 15) is 24.9 Å². The van der Waals surface area contributed by atoms with Crippen molar-refractivity contribution < 1.29 is 34.4 Å². The molecule has 0 unspecified atom stereocenters. The lowest BCUT2D eigenvalue weighted by atomic mass is 9.81. The fraction of sp³-hybridized carbons (Fsp3) is 0.952. The molecule has 0 saturated carbocycles. The number of rotatable bonds is 38. The van der Waals surface area contributed by atoms with E-state index >= 15 is 0 Å². The number of carbonyl (C=O) groups excluding carboxylic acids is 2. The topological polar surface area (TPSA) is 113 Å². The fourth-order valence-corrected chi connectivity index (χ4v) is 6.64. The Bertz CT molecular complexity index is 680. The zero-order valence-electron chi connectivity index (χ0n) is 32.7. The average Bonchev–Trinajstić information content (AvgIpc) is 3.09. The van der Waals surface area contributed by atoms with Gasteiger partial charge in [-0.05, 0) is 12.8 Å². The number of aliphatic hydroxyl groups is 3. The van der Waals surface area contributed by atoms with Gasteiger partial charge in [0, 0.05) is 19.8 Å². The van der Waals surface area contributed by atoms with Crippen molar-refractivity contribution in [2.24, 2.45) is 5.41 Å². The van der Waals surface area contributed by atoms with Crippen molar-refractivity contribution in [1.82, 2.24) is 0 Å². The third-order valence-electron chi connectivity index (χ3n) is 10.5. The van der Waals surface area contributed by atoms with Gasteiger partial charge in [-0.2, -0.15) is 0 Å². The summed E-state index contributed by atoms with van der Waals surface area (Å²) in [5, 5.41) is 30.2. The van der Waals surface area contributed by atoms with Gasteiger partial charge in [0.25, 0.3) is 5.79 Å². The van der Waals surface area contributed by atoms with Crippen LogP contribution in [0.4, 0.5) is 0 Å². The van der Waals surface area contributed by atoms with E-state index in [1.54, 1.807) is 0 Å². The van der Waals surface area contributed by atoms with E-state index in [1.807, 2.05) is 0 Å². The van der Waals surface area contributed by atoms with E-state index < -0.39 is 43.0 Å². The molecule has 0 aromatic heterocycles. The lowest BCUT2D eigenvalue weighted by molar-refractivity contribution is -0.284. The van der Waals surface area contributed by atoms with Gasteiger partial charge < -0.3 is 24.8 Å². The molecular formula is C42H82O7. The molecule has 7 nitrogen and oxygen atoms in total. The molecule has 0 aliphatic carbocycles. The summed E-state index contributed by atoms with van der Waals surface area (Å²) in [5.74, 6) is -3.09. The van der Waals surface area contributed by atoms with Gasteiger partial charge in [-0.25, -0.2) is 0 Å². The predicted octanol–water partition coefficient (Wildman–Crippen LogP) is 11.3. The molecule has 292 valence electrons. The summed E-state index contributed by atoms with van der Waals surface area (Å²) in [6.07, 6.45) is 37.2. The van der Waals surface area contributed by atoms with Gasteiger partial charge in [-0.1, -0.05) is 194 Å². The number of unbranched alkanes of at least 4 members (excludes halogenated alkanes) is 28. The van der Waals surface area contributed by atoms with Crippen LogP contribution >= 0.6 is 0 Å². The third-order valence-corrected chi connectivity index (χ3v) is 10.5. The predicted molar refractivity (Wildman–Crippen MR) is 203 cm³/mol.